The van der Waals surface area contributed by atoms with Crippen molar-refractivity contribution in [2.24, 2.45) is 5.73 Å². The zero-order valence-corrected chi connectivity index (χ0v) is 21.0. The Morgan fingerprint density at radius 3 is 2.18 bits per heavy atom. The van der Waals surface area contributed by atoms with Crippen LogP contribution in [0.5, 0.6) is 0 Å². The van der Waals surface area contributed by atoms with Gasteiger partial charge in [-0.05, 0) is 59.2 Å². The first kappa shape index (κ1) is 22.8. The Morgan fingerprint density at radius 2 is 1.50 bits per heavy atom. The molecule has 0 aliphatic heterocycles. The predicted octanol–water partition coefficient (Wildman–Crippen LogP) is 6.71. The number of aliphatic hydroxyl groups excluding tert-OH is 1. The van der Waals surface area contributed by atoms with E-state index in [0.29, 0.717) is 0 Å². The monoisotopic (exact) mass is 496 g/mol. The van der Waals surface area contributed by atoms with Crippen LogP contribution in [0.2, 0.25) is 0 Å². The van der Waals surface area contributed by atoms with Crippen LogP contribution in [0.4, 0.5) is 0 Å². The van der Waals surface area contributed by atoms with Crippen molar-refractivity contribution in [3.63, 3.8) is 0 Å². The Balaban J connectivity index is 1.40. The summed E-state index contributed by atoms with van der Waals surface area (Å²) in [5.74, 6) is 0. The van der Waals surface area contributed by atoms with Gasteiger partial charge in [0, 0.05) is 28.2 Å². The molecule has 2 aromatic heterocycles. The molecule has 0 unspecified atom stereocenters. The normalized spacial score (nSPS) is 14.6. The fraction of sp³-hybridized carbons (Fsp3) is 0.152. The van der Waals surface area contributed by atoms with Gasteiger partial charge in [0.05, 0.1) is 17.8 Å². The van der Waals surface area contributed by atoms with Crippen molar-refractivity contribution in [3.8, 4) is 33.5 Å². The average molecular weight is 497 g/mol. The smallest absolute Gasteiger partial charge is 0.163 e. The minimum absolute atomic E-state index is 0.0387. The maximum atomic E-state index is 9.40. The maximum absolute atomic E-state index is 9.40. The molecule has 0 saturated heterocycles. The zero-order chi connectivity index (χ0) is 25.7. The number of rotatable bonds is 5. The number of aromatic nitrogens is 3. The van der Waals surface area contributed by atoms with E-state index in [1.807, 2.05) is 34.8 Å². The molecule has 2 heterocycles. The lowest BCUT2D eigenvalue weighted by Crippen LogP contribution is -2.43. The summed E-state index contributed by atoms with van der Waals surface area (Å²) in [6.07, 6.45) is 5.36. The summed E-state index contributed by atoms with van der Waals surface area (Å²) in [7, 11) is 0. The van der Waals surface area contributed by atoms with Crippen molar-refractivity contribution < 1.29 is 5.11 Å². The highest BCUT2D eigenvalue weighted by atomic mass is 16.3. The molecule has 6 aromatic rings. The summed E-state index contributed by atoms with van der Waals surface area (Å²) in [6.45, 7) is 0.0387. The highest BCUT2D eigenvalue weighted by Crippen LogP contribution is 2.40. The topological polar surface area (TPSA) is 76.4 Å². The van der Waals surface area contributed by atoms with E-state index < -0.39 is 0 Å². The molecule has 0 atom stereocenters. The molecule has 1 aliphatic carbocycles. The minimum atomic E-state index is -0.189. The van der Waals surface area contributed by atoms with Gasteiger partial charge < -0.3 is 10.8 Å². The molecule has 1 fully saturated rings. The minimum Gasteiger partial charge on any atom is -0.392 e. The molecule has 1 saturated carbocycles. The van der Waals surface area contributed by atoms with Crippen LogP contribution < -0.4 is 5.73 Å². The number of aliphatic hydroxyl groups is 1. The highest BCUT2D eigenvalue weighted by Gasteiger charge is 2.34. The number of nitrogens with zero attached hydrogens (tertiary/aromatic N) is 3. The first-order chi connectivity index (χ1) is 18.6. The van der Waals surface area contributed by atoms with Crippen LogP contribution in [0.25, 0.3) is 50.1 Å². The van der Waals surface area contributed by atoms with Crippen LogP contribution in [0.3, 0.4) is 0 Å². The lowest BCUT2D eigenvalue weighted by atomic mass is 9.72. The number of benzene rings is 4. The van der Waals surface area contributed by atoms with Gasteiger partial charge in [-0.3, -0.25) is 0 Å². The van der Waals surface area contributed by atoms with Crippen LogP contribution in [0.15, 0.2) is 103 Å². The third kappa shape index (κ3) is 3.79. The van der Waals surface area contributed by atoms with Gasteiger partial charge in [0.2, 0.25) is 0 Å². The quantitative estimate of drug-likeness (QED) is 0.278. The molecule has 186 valence electrons. The summed E-state index contributed by atoms with van der Waals surface area (Å²) >= 11 is 0. The summed E-state index contributed by atoms with van der Waals surface area (Å²) in [5, 5.41) is 15.3. The first-order valence-electron chi connectivity index (χ1n) is 13.1. The van der Waals surface area contributed by atoms with Crippen molar-refractivity contribution in [2.45, 2.75) is 31.4 Å². The third-order valence-electron chi connectivity index (χ3n) is 7.93. The van der Waals surface area contributed by atoms with E-state index in [0.717, 1.165) is 68.5 Å². The molecule has 1 aliphatic rings. The largest absolute Gasteiger partial charge is 0.392 e. The van der Waals surface area contributed by atoms with Gasteiger partial charge in [-0.1, -0.05) is 84.9 Å². The van der Waals surface area contributed by atoms with Crippen LogP contribution in [-0.2, 0) is 12.1 Å². The fourth-order valence-electron chi connectivity index (χ4n) is 5.48. The summed E-state index contributed by atoms with van der Waals surface area (Å²) in [5.41, 5.74) is 16.5. The predicted molar refractivity (Wildman–Crippen MR) is 152 cm³/mol. The van der Waals surface area contributed by atoms with E-state index >= 15 is 0 Å². The summed E-state index contributed by atoms with van der Waals surface area (Å²) < 4.78 is 1.90. The van der Waals surface area contributed by atoms with Crippen molar-refractivity contribution in [1.29, 1.82) is 0 Å². The van der Waals surface area contributed by atoms with Crippen molar-refractivity contribution in [3.05, 3.63) is 114 Å². The molecule has 5 nitrogen and oxygen atoms in total. The lowest BCUT2D eigenvalue weighted by Gasteiger charge is -2.38. The van der Waals surface area contributed by atoms with Crippen molar-refractivity contribution in [1.82, 2.24) is 14.6 Å². The van der Waals surface area contributed by atoms with E-state index in [1.54, 1.807) is 0 Å². The Labute approximate surface area is 221 Å². The Morgan fingerprint density at radius 1 is 0.789 bits per heavy atom. The molecule has 0 amide bonds. The van der Waals surface area contributed by atoms with Gasteiger partial charge in [0.25, 0.3) is 0 Å². The first-order valence-corrected chi connectivity index (χ1v) is 13.1. The van der Waals surface area contributed by atoms with E-state index in [1.165, 1.54) is 12.0 Å². The van der Waals surface area contributed by atoms with Gasteiger partial charge in [-0.15, -0.1) is 0 Å². The molecule has 0 radical (unpaired) electrons. The van der Waals surface area contributed by atoms with E-state index in [4.69, 9.17) is 15.8 Å². The Bertz CT molecular complexity index is 1770. The highest BCUT2D eigenvalue weighted by molar-refractivity contribution is 5.97. The second-order valence-electron chi connectivity index (χ2n) is 10.3. The Kier molecular flexibility index (Phi) is 5.36. The maximum Gasteiger partial charge on any atom is 0.163 e. The molecular weight excluding hydrogens is 468 g/mol. The number of hydrogen-bond acceptors (Lipinski definition) is 4. The molecule has 3 N–H and O–H groups in total. The molecule has 0 bridgehead atoms. The van der Waals surface area contributed by atoms with Gasteiger partial charge in [-0.25, -0.2) is 9.50 Å². The second kappa shape index (κ2) is 8.91. The molecule has 4 aromatic carbocycles. The molecule has 7 rings (SSSR count). The molecule has 0 spiro atoms. The fourth-order valence-corrected chi connectivity index (χ4v) is 5.48. The van der Waals surface area contributed by atoms with Crippen LogP contribution >= 0.6 is 0 Å². The SMILES string of the molecule is NC1(c2ccc(-c3nc4c5cc(-c6ccc(CO)cc6)ccc5nn4cc3-c3ccccc3)cc2)CCC1. The number of nitrogens with two attached hydrogens (primary N) is 1. The summed E-state index contributed by atoms with van der Waals surface area (Å²) in [4.78, 5) is 5.23. The second-order valence-corrected chi connectivity index (χ2v) is 10.3. The standard InChI is InChI=1S/C33H28N4O/c34-33(17-4-18-33)27-14-11-25(12-15-27)31-29(24-5-2-1-3-6-24)20-37-32(35-31)28-19-26(13-16-30(28)36-37)23-9-7-22(21-38)8-10-23/h1-3,5-16,19-20,38H,4,17-18,21,34H2. The van der Waals surface area contributed by atoms with Gasteiger partial charge >= 0.3 is 0 Å². The van der Waals surface area contributed by atoms with Crippen molar-refractivity contribution >= 4 is 16.6 Å². The van der Waals surface area contributed by atoms with Gasteiger partial charge in [0.1, 0.15) is 0 Å². The molecule has 38 heavy (non-hydrogen) atoms. The van der Waals surface area contributed by atoms with Crippen LogP contribution in [-0.4, -0.2) is 19.7 Å². The van der Waals surface area contributed by atoms with Gasteiger partial charge in [0.15, 0.2) is 5.65 Å². The van der Waals surface area contributed by atoms with E-state index in [2.05, 4.69) is 72.9 Å². The van der Waals surface area contributed by atoms with E-state index in [9.17, 15) is 5.11 Å². The zero-order valence-electron chi connectivity index (χ0n) is 21.0. The Hall–Kier alpha value is -4.32. The van der Waals surface area contributed by atoms with Crippen molar-refractivity contribution in [2.75, 3.05) is 0 Å². The lowest BCUT2D eigenvalue weighted by molar-refractivity contribution is 0.253. The molecular formula is C33H28N4O. The van der Waals surface area contributed by atoms with Gasteiger partial charge in [-0.2, -0.15) is 5.10 Å². The number of hydrogen-bond donors (Lipinski definition) is 2. The average Bonchev–Trinajstić information content (AvgIpc) is 3.32. The molecule has 5 heteroatoms. The van der Waals surface area contributed by atoms with E-state index in [-0.39, 0.29) is 12.1 Å². The van der Waals surface area contributed by atoms with Crippen LogP contribution in [0.1, 0.15) is 30.4 Å². The third-order valence-corrected chi connectivity index (χ3v) is 7.93. The number of fused-ring (bicyclic) bond motifs is 3. The van der Waals surface area contributed by atoms with Crippen LogP contribution in [0, 0.1) is 0 Å². The summed E-state index contributed by atoms with van der Waals surface area (Å²) in [6, 6.07) is 33.3.